The maximum atomic E-state index is 12.4. The van der Waals surface area contributed by atoms with Crippen molar-refractivity contribution in [3.8, 4) is 5.75 Å². The summed E-state index contributed by atoms with van der Waals surface area (Å²) < 4.78 is 0.969. The molecule has 1 aliphatic carbocycles. The zero-order valence-corrected chi connectivity index (χ0v) is 12.7. The van der Waals surface area contributed by atoms with Gasteiger partial charge in [0.15, 0.2) is 0 Å². The molecule has 0 atom stereocenters. The van der Waals surface area contributed by atoms with Crippen molar-refractivity contribution < 1.29 is 9.90 Å². The molecule has 4 heteroatoms. The summed E-state index contributed by atoms with van der Waals surface area (Å²) in [5, 5.41) is 9.82. The van der Waals surface area contributed by atoms with Gasteiger partial charge in [-0.3, -0.25) is 4.79 Å². The van der Waals surface area contributed by atoms with Gasteiger partial charge in [-0.05, 0) is 66.0 Å². The number of hydrogen-bond acceptors (Lipinski definition) is 2. The van der Waals surface area contributed by atoms with Gasteiger partial charge in [0.25, 0.3) is 5.91 Å². The van der Waals surface area contributed by atoms with Crippen LogP contribution in [0.1, 0.15) is 36.5 Å². The van der Waals surface area contributed by atoms with Crippen molar-refractivity contribution in [1.82, 2.24) is 4.90 Å². The lowest BCUT2D eigenvalue weighted by Gasteiger charge is -2.22. The standard InChI is InChI=1S/C14H18INO2/c1-2-7-16(9-10-3-4-10)14(18)12-8-11(15)5-6-13(12)17/h5-6,8,10,17H,2-4,7,9H2,1H3. The molecule has 98 valence electrons. The number of nitrogens with zero attached hydrogens (tertiary/aromatic N) is 1. The number of halogens is 1. The second-order valence-corrected chi connectivity index (χ2v) is 6.10. The summed E-state index contributed by atoms with van der Waals surface area (Å²) >= 11 is 2.16. The molecule has 0 aliphatic heterocycles. The molecule has 2 rings (SSSR count). The van der Waals surface area contributed by atoms with Crippen LogP contribution in [0.3, 0.4) is 0 Å². The Hall–Kier alpha value is -0.780. The molecule has 1 N–H and O–H groups in total. The number of carbonyl (C=O) groups is 1. The summed E-state index contributed by atoms with van der Waals surface area (Å²) in [6.07, 6.45) is 3.40. The summed E-state index contributed by atoms with van der Waals surface area (Å²) in [6, 6.07) is 5.15. The Morgan fingerprint density at radius 3 is 2.83 bits per heavy atom. The zero-order valence-electron chi connectivity index (χ0n) is 10.5. The molecule has 0 aromatic heterocycles. The van der Waals surface area contributed by atoms with E-state index in [1.54, 1.807) is 18.2 Å². The first-order chi connectivity index (χ1) is 8.61. The van der Waals surface area contributed by atoms with Crippen LogP contribution in [0.2, 0.25) is 0 Å². The highest BCUT2D eigenvalue weighted by atomic mass is 127. The van der Waals surface area contributed by atoms with Gasteiger partial charge in [0.2, 0.25) is 0 Å². The molecule has 3 nitrogen and oxygen atoms in total. The van der Waals surface area contributed by atoms with Crippen LogP contribution in [-0.4, -0.2) is 29.0 Å². The van der Waals surface area contributed by atoms with Crippen LogP contribution in [0.5, 0.6) is 5.75 Å². The van der Waals surface area contributed by atoms with E-state index < -0.39 is 0 Å². The molecule has 1 aromatic rings. The first kappa shape index (κ1) is 13.6. The Bertz CT molecular complexity index is 443. The van der Waals surface area contributed by atoms with Crippen molar-refractivity contribution in [2.24, 2.45) is 5.92 Å². The highest BCUT2D eigenvalue weighted by Crippen LogP contribution is 2.31. The van der Waals surface area contributed by atoms with Gasteiger partial charge in [0, 0.05) is 16.7 Å². The third-order valence-electron chi connectivity index (χ3n) is 3.15. The zero-order chi connectivity index (χ0) is 13.1. The Morgan fingerprint density at radius 1 is 1.50 bits per heavy atom. The molecule has 0 bridgehead atoms. The monoisotopic (exact) mass is 359 g/mol. The Balaban J connectivity index is 2.17. The maximum Gasteiger partial charge on any atom is 0.257 e. The van der Waals surface area contributed by atoms with Crippen LogP contribution in [0.25, 0.3) is 0 Å². The summed E-state index contributed by atoms with van der Waals surface area (Å²) in [7, 11) is 0. The van der Waals surface area contributed by atoms with Gasteiger partial charge in [-0.25, -0.2) is 0 Å². The van der Waals surface area contributed by atoms with Gasteiger partial charge in [-0.2, -0.15) is 0 Å². The molecule has 0 radical (unpaired) electrons. The van der Waals surface area contributed by atoms with E-state index in [1.807, 2.05) is 4.90 Å². The van der Waals surface area contributed by atoms with Crippen molar-refractivity contribution in [2.45, 2.75) is 26.2 Å². The highest BCUT2D eigenvalue weighted by Gasteiger charge is 2.27. The van der Waals surface area contributed by atoms with Crippen LogP contribution < -0.4 is 0 Å². The van der Waals surface area contributed by atoms with Crippen LogP contribution >= 0.6 is 22.6 Å². The minimum atomic E-state index is -0.0419. The largest absolute Gasteiger partial charge is 0.507 e. The predicted molar refractivity (Wildman–Crippen MR) is 79.7 cm³/mol. The maximum absolute atomic E-state index is 12.4. The molecule has 1 amide bonds. The second-order valence-electron chi connectivity index (χ2n) is 4.86. The molecule has 1 aliphatic rings. The van der Waals surface area contributed by atoms with Crippen LogP contribution in [0.15, 0.2) is 18.2 Å². The average Bonchev–Trinajstić information content (AvgIpc) is 3.15. The third-order valence-corrected chi connectivity index (χ3v) is 3.82. The molecule has 1 aromatic carbocycles. The number of phenols is 1. The van der Waals surface area contributed by atoms with E-state index in [0.29, 0.717) is 11.5 Å². The highest BCUT2D eigenvalue weighted by molar-refractivity contribution is 14.1. The van der Waals surface area contributed by atoms with Gasteiger partial charge in [-0.15, -0.1) is 0 Å². The molecule has 1 fully saturated rings. The Morgan fingerprint density at radius 2 is 2.22 bits per heavy atom. The van der Waals surface area contributed by atoms with Crippen LogP contribution in [0.4, 0.5) is 0 Å². The van der Waals surface area contributed by atoms with Crippen molar-refractivity contribution >= 4 is 28.5 Å². The molecule has 0 heterocycles. The number of carbonyl (C=O) groups excluding carboxylic acids is 1. The van der Waals surface area contributed by atoms with Gasteiger partial charge in [0.1, 0.15) is 5.75 Å². The molecular weight excluding hydrogens is 341 g/mol. The van der Waals surface area contributed by atoms with E-state index in [4.69, 9.17) is 0 Å². The minimum absolute atomic E-state index is 0.0419. The Kier molecular flexibility index (Phi) is 4.48. The number of phenolic OH excluding ortho intramolecular Hbond substituents is 1. The predicted octanol–water partition coefficient (Wildman–Crippen LogP) is 3.26. The number of aromatic hydroxyl groups is 1. The summed E-state index contributed by atoms with van der Waals surface area (Å²) in [5.41, 5.74) is 0.427. The summed E-state index contributed by atoms with van der Waals surface area (Å²) in [5.74, 6) is 0.711. The van der Waals surface area contributed by atoms with Gasteiger partial charge >= 0.3 is 0 Å². The molecule has 18 heavy (non-hydrogen) atoms. The van der Waals surface area contributed by atoms with Crippen molar-refractivity contribution in [2.75, 3.05) is 13.1 Å². The Labute approximate surface area is 121 Å². The third kappa shape index (κ3) is 3.37. The van der Waals surface area contributed by atoms with E-state index in [0.717, 1.165) is 23.1 Å². The topological polar surface area (TPSA) is 40.5 Å². The number of amides is 1. The van der Waals surface area contributed by atoms with E-state index >= 15 is 0 Å². The first-order valence-electron chi connectivity index (χ1n) is 6.39. The summed E-state index contributed by atoms with van der Waals surface area (Å²) in [4.78, 5) is 14.3. The SMILES string of the molecule is CCCN(CC1CC1)C(=O)c1cc(I)ccc1O. The van der Waals surface area contributed by atoms with E-state index in [2.05, 4.69) is 29.5 Å². The smallest absolute Gasteiger partial charge is 0.257 e. The quantitative estimate of drug-likeness (QED) is 0.820. The van der Waals surface area contributed by atoms with Crippen molar-refractivity contribution in [3.05, 3.63) is 27.3 Å². The lowest BCUT2D eigenvalue weighted by molar-refractivity contribution is 0.0744. The summed E-state index contributed by atoms with van der Waals surface area (Å²) in [6.45, 7) is 3.67. The second kappa shape index (κ2) is 5.91. The fourth-order valence-electron chi connectivity index (χ4n) is 2.01. The van der Waals surface area contributed by atoms with Crippen molar-refractivity contribution in [3.63, 3.8) is 0 Å². The van der Waals surface area contributed by atoms with E-state index in [-0.39, 0.29) is 11.7 Å². The molecule has 0 spiro atoms. The van der Waals surface area contributed by atoms with E-state index in [1.165, 1.54) is 12.8 Å². The van der Waals surface area contributed by atoms with Gasteiger partial charge in [-0.1, -0.05) is 6.92 Å². The molecule has 0 saturated heterocycles. The normalized spacial score (nSPS) is 14.6. The first-order valence-corrected chi connectivity index (χ1v) is 7.47. The van der Waals surface area contributed by atoms with Gasteiger partial charge in [0.05, 0.1) is 5.56 Å². The number of rotatable bonds is 5. The number of hydrogen-bond donors (Lipinski definition) is 1. The minimum Gasteiger partial charge on any atom is -0.507 e. The average molecular weight is 359 g/mol. The fraction of sp³-hybridized carbons (Fsp3) is 0.500. The lowest BCUT2D eigenvalue weighted by atomic mass is 10.1. The molecule has 0 unspecified atom stereocenters. The van der Waals surface area contributed by atoms with Crippen LogP contribution in [-0.2, 0) is 0 Å². The van der Waals surface area contributed by atoms with Crippen LogP contribution in [0, 0.1) is 9.49 Å². The number of benzene rings is 1. The van der Waals surface area contributed by atoms with E-state index in [9.17, 15) is 9.90 Å². The molecule has 1 saturated carbocycles. The van der Waals surface area contributed by atoms with Crippen molar-refractivity contribution in [1.29, 1.82) is 0 Å². The molecular formula is C14H18INO2. The van der Waals surface area contributed by atoms with Gasteiger partial charge < -0.3 is 10.0 Å². The fourth-order valence-corrected chi connectivity index (χ4v) is 2.50. The lowest BCUT2D eigenvalue weighted by Crippen LogP contribution is -2.33.